The van der Waals surface area contributed by atoms with Crippen molar-refractivity contribution < 1.29 is 14.2 Å². The van der Waals surface area contributed by atoms with Crippen molar-refractivity contribution in [2.45, 2.75) is 75.9 Å². The van der Waals surface area contributed by atoms with Crippen LogP contribution in [0.1, 0.15) is 75.8 Å². The molecule has 4 nitrogen and oxygen atoms in total. The Morgan fingerprint density at radius 3 is 2.24 bits per heavy atom. The minimum absolute atomic E-state index is 0.189. The number of nitrogens with two attached hydrogens (primary N) is 1. The molecule has 29 heavy (non-hydrogen) atoms. The van der Waals surface area contributed by atoms with Crippen LogP contribution in [0.25, 0.3) is 5.57 Å². The average molecular weight is 400 g/mol. The minimum atomic E-state index is -0.189. The Morgan fingerprint density at radius 1 is 1.03 bits per heavy atom. The van der Waals surface area contributed by atoms with Crippen LogP contribution in [0.3, 0.4) is 0 Å². The van der Waals surface area contributed by atoms with Crippen LogP contribution in [0.2, 0.25) is 0 Å². The fourth-order valence-corrected chi connectivity index (χ4v) is 5.78. The maximum atomic E-state index is 6.61. The molecule has 0 spiro atoms. The van der Waals surface area contributed by atoms with E-state index in [4.69, 9.17) is 19.9 Å². The number of anilines is 1. The van der Waals surface area contributed by atoms with Gasteiger partial charge < -0.3 is 19.9 Å². The quantitative estimate of drug-likeness (QED) is 0.658. The van der Waals surface area contributed by atoms with Crippen LogP contribution in [0.15, 0.2) is 24.3 Å². The third kappa shape index (κ3) is 4.12. The van der Waals surface area contributed by atoms with Crippen molar-refractivity contribution in [2.75, 3.05) is 33.2 Å². The summed E-state index contributed by atoms with van der Waals surface area (Å²) in [6.45, 7) is 6.00. The summed E-state index contributed by atoms with van der Waals surface area (Å²) in [6.07, 6.45) is 9.95. The van der Waals surface area contributed by atoms with Crippen LogP contribution in [0.4, 0.5) is 5.69 Å². The molecule has 4 heteroatoms. The molecule has 2 N–H and O–H groups in total. The minimum Gasteiger partial charge on any atom is -0.398 e. The lowest BCUT2D eigenvalue weighted by atomic mass is 9.75. The van der Waals surface area contributed by atoms with Crippen LogP contribution in [0.5, 0.6) is 0 Å². The van der Waals surface area contributed by atoms with Gasteiger partial charge in [-0.3, -0.25) is 0 Å². The maximum Gasteiger partial charge on any atom is 0.0930 e. The number of rotatable bonds is 6. The molecule has 0 unspecified atom stereocenters. The monoisotopic (exact) mass is 399 g/mol. The van der Waals surface area contributed by atoms with Crippen LogP contribution in [0, 0.1) is 5.41 Å². The second-order valence-corrected chi connectivity index (χ2v) is 10.4. The summed E-state index contributed by atoms with van der Waals surface area (Å²) in [7, 11) is 3.55. The Hall–Kier alpha value is -1.36. The van der Waals surface area contributed by atoms with Gasteiger partial charge in [0.1, 0.15) is 0 Å². The first-order chi connectivity index (χ1) is 13.8. The van der Waals surface area contributed by atoms with Crippen LogP contribution in [-0.4, -0.2) is 38.6 Å². The molecule has 3 aliphatic rings. The van der Waals surface area contributed by atoms with Crippen LogP contribution in [-0.2, 0) is 14.2 Å². The predicted molar refractivity (Wildman–Crippen MR) is 118 cm³/mol. The maximum absolute atomic E-state index is 6.61. The van der Waals surface area contributed by atoms with Crippen molar-refractivity contribution in [1.29, 1.82) is 0 Å². The van der Waals surface area contributed by atoms with E-state index in [9.17, 15) is 0 Å². The molecule has 1 aromatic rings. The van der Waals surface area contributed by atoms with Gasteiger partial charge in [-0.25, -0.2) is 0 Å². The zero-order valence-electron chi connectivity index (χ0n) is 18.6. The number of hydrogen-bond acceptors (Lipinski definition) is 4. The molecule has 3 atom stereocenters. The van der Waals surface area contributed by atoms with Gasteiger partial charge >= 0.3 is 0 Å². The molecule has 2 saturated heterocycles. The zero-order chi connectivity index (χ0) is 20.7. The zero-order valence-corrected chi connectivity index (χ0v) is 18.6. The number of allylic oxidation sites excluding steroid dienone is 2. The van der Waals surface area contributed by atoms with Crippen LogP contribution < -0.4 is 5.73 Å². The third-order valence-corrected chi connectivity index (χ3v) is 7.39. The molecule has 2 heterocycles. The highest BCUT2D eigenvalue weighted by Crippen LogP contribution is 2.54. The Balaban J connectivity index is 1.64. The molecule has 2 aliphatic heterocycles. The van der Waals surface area contributed by atoms with Gasteiger partial charge in [-0.15, -0.1) is 0 Å². The molecule has 4 rings (SSSR count). The number of hydrogen-bond donors (Lipinski definition) is 1. The molecule has 2 fully saturated rings. The van der Waals surface area contributed by atoms with E-state index in [1.165, 1.54) is 23.1 Å². The lowest BCUT2D eigenvalue weighted by Crippen LogP contribution is -2.48. The standard InChI is InChI=1S/C25H37NO3/c1-23(2)9-7-18(8-10-23)21-13-19(5-6-22(21)26)20-14-24(16-27-3)11-12-25(15-20,29-24)17-28-4/h5-7,13,20H,8-12,14-17,26H2,1-4H3/t20-,24+,25-. The van der Waals surface area contributed by atoms with Crippen molar-refractivity contribution in [3.05, 3.63) is 35.4 Å². The van der Waals surface area contributed by atoms with Gasteiger partial charge in [-0.2, -0.15) is 0 Å². The van der Waals surface area contributed by atoms with Gasteiger partial charge in [0.25, 0.3) is 0 Å². The summed E-state index contributed by atoms with van der Waals surface area (Å²) in [5.41, 5.74) is 11.4. The van der Waals surface area contributed by atoms with Gasteiger partial charge in [0.2, 0.25) is 0 Å². The highest BCUT2D eigenvalue weighted by Gasteiger charge is 2.55. The Bertz CT molecular complexity index is 764. The molecule has 1 aromatic carbocycles. The van der Waals surface area contributed by atoms with Crippen molar-refractivity contribution in [3.63, 3.8) is 0 Å². The lowest BCUT2D eigenvalue weighted by molar-refractivity contribution is -0.184. The largest absolute Gasteiger partial charge is 0.398 e. The summed E-state index contributed by atoms with van der Waals surface area (Å²) in [6, 6.07) is 6.69. The summed E-state index contributed by atoms with van der Waals surface area (Å²) in [5.74, 6) is 0.441. The van der Waals surface area contributed by atoms with Gasteiger partial charge in [-0.1, -0.05) is 26.0 Å². The number of fused-ring (bicyclic) bond motifs is 2. The second kappa shape index (κ2) is 7.72. The van der Waals surface area contributed by atoms with Crippen molar-refractivity contribution >= 4 is 11.3 Å². The van der Waals surface area contributed by atoms with E-state index in [1.54, 1.807) is 14.2 Å². The molecule has 0 amide bonds. The number of nitrogen functional groups attached to an aromatic ring is 1. The molecule has 0 aromatic heterocycles. The fourth-order valence-electron chi connectivity index (χ4n) is 5.78. The fraction of sp³-hybridized carbons (Fsp3) is 0.680. The van der Waals surface area contributed by atoms with Gasteiger partial charge in [0.05, 0.1) is 24.4 Å². The Kier molecular flexibility index (Phi) is 5.56. The average Bonchev–Trinajstić information content (AvgIpc) is 2.93. The first kappa shape index (κ1) is 20.9. The van der Waals surface area contributed by atoms with Crippen molar-refractivity contribution in [1.82, 2.24) is 0 Å². The Labute approximate surface area is 175 Å². The molecule has 0 radical (unpaired) electrons. The van der Waals surface area contributed by atoms with E-state index in [0.29, 0.717) is 24.5 Å². The highest BCUT2D eigenvalue weighted by molar-refractivity contribution is 5.76. The molecule has 160 valence electrons. The first-order valence-corrected chi connectivity index (χ1v) is 11.1. The SMILES string of the molecule is COC[C@@]12CC[C@@](COC)(C[C@@H](c3ccc(N)c(C4=CCC(C)(C)CC4)c3)C1)O2. The van der Waals surface area contributed by atoms with E-state index < -0.39 is 0 Å². The summed E-state index contributed by atoms with van der Waals surface area (Å²) in [5, 5.41) is 0. The van der Waals surface area contributed by atoms with E-state index in [0.717, 1.165) is 44.2 Å². The second-order valence-electron chi connectivity index (χ2n) is 10.4. The number of ether oxygens (including phenoxy) is 3. The van der Waals surface area contributed by atoms with Crippen molar-refractivity contribution in [2.24, 2.45) is 5.41 Å². The molecule has 2 bridgehead atoms. The first-order valence-electron chi connectivity index (χ1n) is 11.1. The summed E-state index contributed by atoms with van der Waals surface area (Å²) in [4.78, 5) is 0. The summed E-state index contributed by atoms with van der Waals surface area (Å²) >= 11 is 0. The van der Waals surface area contributed by atoms with E-state index in [2.05, 4.69) is 38.1 Å². The normalized spacial score (nSPS) is 33.5. The molecular formula is C25H37NO3. The van der Waals surface area contributed by atoms with Crippen molar-refractivity contribution in [3.8, 4) is 0 Å². The van der Waals surface area contributed by atoms with E-state index in [-0.39, 0.29) is 11.2 Å². The van der Waals surface area contributed by atoms with E-state index in [1.807, 2.05) is 0 Å². The molecular weight excluding hydrogens is 362 g/mol. The molecule has 1 aliphatic carbocycles. The van der Waals surface area contributed by atoms with E-state index >= 15 is 0 Å². The number of benzene rings is 1. The lowest BCUT2D eigenvalue weighted by Gasteiger charge is -2.44. The van der Waals surface area contributed by atoms with Gasteiger partial charge in [0, 0.05) is 25.5 Å². The predicted octanol–water partition coefficient (Wildman–Crippen LogP) is 5.32. The smallest absolute Gasteiger partial charge is 0.0930 e. The summed E-state index contributed by atoms with van der Waals surface area (Å²) < 4.78 is 17.8. The topological polar surface area (TPSA) is 53.7 Å². The van der Waals surface area contributed by atoms with Crippen LogP contribution >= 0.6 is 0 Å². The number of methoxy groups -OCH3 is 2. The highest BCUT2D eigenvalue weighted by atomic mass is 16.6. The Morgan fingerprint density at radius 2 is 1.69 bits per heavy atom. The molecule has 0 saturated carbocycles. The third-order valence-electron chi connectivity index (χ3n) is 7.39. The van der Waals surface area contributed by atoms with Gasteiger partial charge in [0.15, 0.2) is 0 Å². The van der Waals surface area contributed by atoms with Gasteiger partial charge in [-0.05, 0) is 79.5 Å².